The Kier molecular flexibility index (Phi) is 5.21. The van der Waals surface area contributed by atoms with E-state index < -0.39 is 0 Å². The zero-order valence-corrected chi connectivity index (χ0v) is 14.7. The number of benzene rings is 1. The maximum Gasteiger partial charge on any atom is 0.257 e. The molecule has 2 N–H and O–H groups in total. The predicted octanol–water partition coefficient (Wildman–Crippen LogP) is 2.90. The van der Waals surface area contributed by atoms with E-state index in [4.69, 9.17) is 17.3 Å². The van der Waals surface area contributed by atoms with Crippen LogP contribution in [-0.4, -0.2) is 40.2 Å². The number of carbonyl (C=O) groups is 1. The highest BCUT2D eigenvalue weighted by Gasteiger charge is 2.26. The summed E-state index contributed by atoms with van der Waals surface area (Å²) in [5.41, 5.74) is 8.21. The third-order valence-corrected chi connectivity index (χ3v) is 4.96. The molecule has 0 saturated carbocycles. The van der Waals surface area contributed by atoms with Crippen LogP contribution in [0.3, 0.4) is 0 Å². The molecule has 1 aromatic heterocycles. The van der Waals surface area contributed by atoms with E-state index in [1.807, 2.05) is 40.8 Å². The van der Waals surface area contributed by atoms with Gasteiger partial charge in [-0.25, -0.2) is 4.68 Å². The number of amides is 1. The van der Waals surface area contributed by atoms with Gasteiger partial charge in [0, 0.05) is 18.1 Å². The van der Waals surface area contributed by atoms with Crippen molar-refractivity contribution in [2.24, 2.45) is 11.7 Å². The molecular formula is C18H23ClN4O. The number of nitrogens with two attached hydrogens (primary N) is 1. The van der Waals surface area contributed by atoms with Crippen molar-refractivity contribution in [3.63, 3.8) is 0 Å². The van der Waals surface area contributed by atoms with E-state index in [2.05, 4.69) is 5.10 Å². The summed E-state index contributed by atoms with van der Waals surface area (Å²) >= 11 is 6.08. The second-order valence-electron chi connectivity index (χ2n) is 6.22. The standard InChI is InChI=1S/C18H23ClN4O/c1-2-17-16(18(24)22-8-6-13(11-20)7-9-22)12-21-23(17)15-5-3-4-14(19)10-15/h3-5,10,12-13H,2,6-9,11,20H2,1H3. The molecule has 1 aliphatic rings. The molecule has 1 amide bonds. The Morgan fingerprint density at radius 3 is 2.75 bits per heavy atom. The first kappa shape index (κ1) is 17.0. The third-order valence-electron chi connectivity index (χ3n) is 4.72. The van der Waals surface area contributed by atoms with Crippen molar-refractivity contribution >= 4 is 17.5 Å². The second kappa shape index (κ2) is 7.36. The van der Waals surface area contributed by atoms with Crippen molar-refractivity contribution in [3.8, 4) is 5.69 Å². The predicted molar refractivity (Wildman–Crippen MR) is 95.6 cm³/mol. The zero-order chi connectivity index (χ0) is 17.1. The van der Waals surface area contributed by atoms with Gasteiger partial charge < -0.3 is 10.6 Å². The molecule has 2 heterocycles. The molecule has 1 saturated heterocycles. The smallest absolute Gasteiger partial charge is 0.257 e. The Morgan fingerprint density at radius 2 is 2.12 bits per heavy atom. The molecule has 6 heteroatoms. The fourth-order valence-corrected chi connectivity index (χ4v) is 3.45. The van der Waals surface area contributed by atoms with Crippen molar-refractivity contribution < 1.29 is 4.79 Å². The lowest BCUT2D eigenvalue weighted by atomic mass is 9.96. The van der Waals surface area contributed by atoms with Gasteiger partial charge >= 0.3 is 0 Å². The molecule has 0 bridgehead atoms. The molecule has 0 spiro atoms. The van der Waals surface area contributed by atoms with E-state index in [9.17, 15) is 4.79 Å². The van der Waals surface area contributed by atoms with Gasteiger partial charge in [0.25, 0.3) is 5.91 Å². The summed E-state index contributed by atoms with van der Waals surface area (Å²) < 4.78 is 1.81. The number of aromatic nitrogens is 2. The van der Waals surface area contributed by atoms with E-state index in [-0.39, 0.29) is 5.91 Å². The fraction of sp³-hybridized carbons (Fsp3) is 0.444. The van der Waals surface area contributed by atoms with Crippen LogP contribution >= 0.6 is 11.6 Å². The Morgan fingerprint density at radius 1 is 1.38 bits per heavy atom. The molecule has 0 unspecified atom stereocenters. The van der Waals surface area contributed by atoms with Gasteiger partial charge in [-0.15, -0.1) is 0 Å². The minimum Gasteiger partial charge on any atom is -0.339 e. The highest BCUT2D eigenvalue weighted by Crippen LogP contribution is 2.22. The number of halogens is 1. The molecule has 1 aromatic carbocycles. The molecule has 2 aromatic rings. The molecule has 1 aliphatic heterocycles. The van der Waals surface area contributed by atoms with Gasteiger partial charge in [0.15, 0.2) is 0 Å². The number of rotatable bonds is 4. The Hall–Kier alpha value is -1.85. The van der Waals surface area contributed by atoms with Crippen LogP contribution in [0.25, 0.3) is 5.69 Å². The molecule has 3 rings (SSSR count). The van der Waals surface area contributed by atoms with E-state index >= 15 is 0 Å². The van der Waals surface area contributed by atoms with Crippen LogP contribution in [0.4, 0.5) is 0 Å². The summed E-state index contributed by atoms with van der Waals surface area (Å²) in [5.74, 6) is 0.601. The first-order valence-electron chi connectivity index (χ1n) is 8.46. The Bertz CT molecular complexity index is 720. The first-order chi connectivity index (χ1) is 11.6. The normalized spacial score (nSPS) is 15.7. The van der Waals surface area contributed by atoms with Crippen LogP contribution < -0.4 is 5.73 Å². The SMILES string of the molecule is CCc1c(C(=O)N2CCC(CN)CC2)cnn1-c1cccc(Cl)c1. The fourth-order valence-electron chi connectivity index (χ4n) is 3.27. The number of likely N-dealkylation sites (tertiary alicyclic amines) is 1. The van der Waals surface area contributed by atoms with Gasteiger partial charge in [-0.05, 0) is 49.9 Å². The molecule has 0 aliphatic carbocycles. The van der Waals surface area contributed by atoms with Crippen LogP contribution in [-0.2, 0) is 6.42 Å². The van der Waals surface area contributed by atoms with Crippen LogP contribution in [0, 0.1) is 5.92 Å². The summed E-state index contributed by atoms with van der Waals surface area (Å²) in [5, 5.41) is 5.09. The number of carbonyl (C=O) groups excluding carboxylic acids is 1. The maximum absolute atomic E-state index is 12.9. The number of hydrogen-bond acceptors (Lipinski definition) is 3. The maximum atomic E-state index is 12.9. The minimum absolute atomic E-state index is 0.0654. The minimum atomic E-state index is 0.0654. The molecule has 128 valence electrons. The zero-order valence-electron chi connectivity index (χ0n) is 13.9. The molecule has 0 atom stereocenters. The molecule has 24 heavy (non-hydrogen) atoms. The van der Waals surface area contributed by atoms with Crippen molar-refractivity contribution in [3.05, 3.63) is 46.7 Å². The number of piperidine rings is 1. The second-order valence-corrected chi connectivity index (χ2v) is 6.66. The highest BCUT2D eigenvalue weighted by molar-refractivity contribution is 6.30. The number of nitrogens with zero attached hydrogens (tertiary/aromatic N) is 3. The summed E-state index contributed by atoms with van der Waals surface area (Å²) in [6.45, 7) is 4.28. The average molecular weight is 347 g/mol. The van der Waals surface area contributed by atoms with Crippen LogP contribution in [0.1, 0.15) is 35.8 Å². The largest absolute Gasteiger partial charge is 0.339 e. The molecule has 0 radical (unpaired) electrons. The lowest BCUT2D eigenvalue weighted by Gasteiger charge is -2.31. The highest BCUT2D eigenvalue weighted by atomic mass is 35.5. The van der Waals surface area contributed by atoms with Crippen molar-refractivity contribution in [1.29, 1.82) is 0 Å². The lowest BCUT2D eigenvalue weighted by molar-refractivity contribution is 0.0692. The Balaban J connectivity index is 1.85. The van der Waals surface area contributed by atoms with E-state index in [1.165, 1.54) is 0 Å². The van der Waals surface area contributed by atoms with Crippen molar-refractivity contribution in [1.82, 2.24) is 14.7 Å². The number of hydrogen-bond donors (Lipinski definition) is 1. The van der Waals surface area contributed by atoms with Crippen molar-refractivity contribution in [2.75, 3.05) is 19.6 Å². The lowest BCUT2D eigenvalue weighted by Crippen LogP contribution is -2.40. The van der Waals surface area contributed by atoms with Gasteiger partial charge in [0.05, 0.1) is 23.1 Å². The van der Waals surface area contributed by atoms with Gasteiger partial charge in [-0.1, -0.05) is 24.6 Å². The van der Waals surface area contributed by atoms with Gasteiger partial charge in [0.2, 0.25) is 0 Å². The molecule has 5 nitrogen and oxygen atoms in total. The summed E-state index contributed by atoms with van der Waals surface area (Å²) in [6.07, 6.45) is 4.36. The van der Waals surface area contributed by atoms with E-state index in [0.717, 1.165) is 43.7 Å². The third kappa shape index (κ3) is 3.32. The van der Waals surface area contributed by atoms with Crippen molar-refractivity contribution in [2.45, 2.75) is 26.2 Å². The van der Waals surface area contributed by atoms with Crippen LogP contribution in [0.5, 0.6) is 0 Å². The van der Waals surface area contributed by atoms with Gasteiger partial charge in [0.1, 0.15) is 0 Å². The van der Waals surface area contributed by atoms with E-state index in [1.54, 1.807) is 6.20 Å². The quantitative estimate of drug-likeness (QED) is 0.925. The summed E-state index contributed by atoms with van der Waals surface area (Å²) in [7, 11) is 0. The first-order valence-corrected chi connectivity index (χ1v) is 8.84. The average Bonchev–Trinajstić information content (AvgIpc) is 3.05. The molecular weight excluding hydrogens is 324 g/mol. The monoisotopic (exact) mass is 346 g/mol. The van der Waals surface area contributed by atoms with Gasteiger partial charge in [-0.2, -0.15) is 5.10 Å². The summed E-state index contributed by atoms with van der Waals surface area (Å²) in [6, 6.07) is 7.51. The van der Waals surface area contributed by atoms with E-state index in [0.29, 0.717) is 23.0 Å². The van der Waals surface area contributed by atoms with Crippen LogP contribution in [0.15, 0.2) is 30.5 Å². The summed E-state index contributed by atoms with van der Waals surface area (Å²) in [4.78, 5) is 14.8. The van der Waals surface area contributed by atoms with Crippen LogP contribution in [0.2, 0.25) is 5.02 Å². The Labute approximate surface area is 147 Å². The van der Waals surface area contributed by atoms with Gasteiger partial charge in [-0.3, -0.25) is 4.79 Å². The molecule has 1 fully saturated rings. The topological polar surface area (TPSA) is 64.2 Å².